The number of nitrogens with one attached hydrogen (secondary N) is 2. The van der Waals surface area contributed by atoms with Crippen LogP contribution in [-0.4, -0.2) is 34.6 Å². The lowest BCUT2D eigenvalue weighted by atomic mass is 10.2. The van der Waals surface area contributed by atoms with Gasteiger partial charge in [-0.15, -0.1) is 0 Å². The van der Waals surface area contributed by atoms with Crippen LogP contribution in [0.3, 0.4) is 0 Å². The number of aromatic nitrogens is 2. The van der Waals surface area contributed by atoms with Gasteiger partial charge in [0.25, 0.3) is 0 Å². The molecule has 26 heavy (non-hydrogen) atoms. The van der Waals surface area contributed by atoms with Crippen molar-refractivity contribution in [3.8, 4) is 5.75 Å². The maximum Gasteiger partial charge on any atom is 0.145 e. The van der Waals surface area contributed by atoms with E-state index in [0.717, 1.165) is 22.3 Å². The van der Waals surface area contributed by atoms with Crippen LogP contribution in [0.25, 0.3) is 16.6 Å². The lowest BCUT2D eigenvalue weighted by Crippen LogP contribution is -2.26. The zero-order chi connectivity index (χ0) is 18.4. The third-order valence-electron chi connectivity index (χ3n) is 4.50. The number of imidazole rings is 1. The van der Waals surface area contributed by atoms with Gasteiger partial charge in [0, 0.05) is 16.8 Å². The molecule has 2 aromatic carbocycles. The molecule has 0 atom stereocenters. The number of rotatable bonds is 3. The van der Waals surface area contributed by atoms with Crippen molar-refractivity contribution in [3.63, 3.8) is 0 Å². The molecule has 1 aliphatic heterocycles. The van der Waals surface area contributed by atoms with E-state index in [4.69, 9.17) is 21.7 Å². The number of amidine groups is 1. The molecule has 0 radical (unpaired) electrons. The summed E-state index contributed by atoms with van der Waals surface area (Å²) in [6.45, 7) is 2.12. The van der Waals surface area contributed by atoms with Crippen molar-refractivity contribution in [2.24, 2.45) is 0 Å². The van der Waals surface area contributed by atoms with Crippen molar-refractivity contribution in [1.82, 2.24) is 9.97 Å². The number of methoxy groups -OCH3 is 1. The third kappa shape index (κ3) is 2.59. The molecule has 1 aromatic heterocycles. The van der Waals surface area contributed by atoms with Crippen LogP contribution in [0.15, 0.2) is 42.2 Å². The van der Waals surface area contributed by atoms with E-state index in [0.29, 0.717) is 22.2 Å². The van der Waals surface area contributed by atoms with E-state index in [2.05, 4.69) is 9.97 Å². The molecule has 0 fully saturated rings. The molecule has 7 heteroatoms. The lowest BCUT2D eigenvalue weighted by Gasteiger charge is -2.19. The number of aliphatic hydroxyl groups excluding tert-OH is 1. The summed E-state index contributed by atoms with van der Waals surface area (Å²) in [5.41, 5.74) is 3.63. The second-order valence-corrected chi connectivity index (χ2v) is 6.57. The molecule has 0 aliphatic carbocycles. The van der Waals surface area contributed by atoms with E-state index < -0.39 is 0 Å². The Morgan fingerprint density at radius 3 is 2.81 bits per heavy atom. The van der Waals surface area contributed by atoms with E-state index >= 15 is 0 Å². The van der Waals surface area contributed by atoms with Gasteiger partial charge in [-0.2, -0.15) is 0 Å². The molecular formula is C19H17ClN4O2. The summed E-state index contributed by atoms with van der Waals surface area (Å²) in [7, 11) is 1.60. The quantitative estimate of drug-likeness (QED) is 0.643. The first-order valence-electron chi connectivity index (χ1n) is 8.07. The summed E-state index contributed by atoms with van der Waals surface area (Å²) in [4.78, 5) is 9.37. The van der Waals surface area contributed by atoms with E-state index in [1.165, 1.54) is 0 Å². The van der Waals surface area contributed by atoms with Crippen molar-refractivity contribution >= 4 is 39.7 Å². The molecule has 3 aromatic rings. The first kappa shape index (κ1) is 16.5. The minimum atomic E-state index is 0.0951. The standard InChI is InChI=1S/C19H17ClN4O2/c1-10-3-4-11(7-13(10)20)24-9-16(25)17(18(24)21)19-22-14-6-5-12(26-2)8-15(14)23-19/h3-8,21,25H,9H2,1-2H3,(H,22,23). The van der Waals surface area contributed by atoms with Crippen LogP contribution in [0.2, 0.25) is 5.02 Å². The van der Waals surface area contributed by atoms with E-state index in [9.17, 15) is 5.11 Å². The number of ether oxygens (including phenoxy) is 1. The molecule has 0 unspecified atom stereocenters. The van der Waals surface area contributed by atoms with Crippen LogP contribution in [0.5, 0.6) is 5.75 Å². The Balaban J connectivity index is 1.71. The highest BCUT2D eigenvalue weighted by molar-refractivity contribution is 6.33. The van der Waals surface area contributed by atoms with E-state index in [1.54, 1.807) is 18.1 Å². The van der Waals surface area contributed by atoms with Gasteiger partial charge in [-0.25, -0.2) is 4.98 Å². The van der Waals surface area contributed by atoms with Crippen LogP contribution in [0.4, 0.5) is 5.69 Å². The number of aliphatic hydroxyl groups is 1. The maximum absolute atomic E-state index is 10.5. The van der Waals surface area contributed by atoms with Gasteiger partial charge in [-0.05, 0) is 36.8 Å². The van der Waals surface area contributed by atoms with Crippen molar-refractivity contribution in [2.75, 3.05) is 18.6 Å². The van der Waals surface area contributed by atoms with Crippen LogP contribution in [-0.2, 0) is 0 Å². The van der Waals surface area contributed by atoms with Gasteiger partial charge in [-0.1, -0.05) is 17.7 Å². The number of nitrogens with zero attached hydrogens (tertiary/aromatic N) is 2. The normalized spacial score (nSPS) is 14.6. The number of hydrogen-bond donors (Lipinski definition) is 3. The van der Waals surface area contributed by atoms with Gasteiger partial charge >= 0.3 is 0 Å². The highest BCUT2D eigenvalue weighted by Crippen LogP contribution is 2.33. The molecule has 132 valence electrons. The summed E-state index contributed by atoms with van der Waals surface area (Å²) < 4.78 is 5.22. The number of anilines is 1. The van der Waals surface area contributed by atoms with Crippen LogP contribution >= 0.6 is 11.6 Å². The second kappa shape index (κ2) is 6.07. The van der Waals surface area contributed by atoms with Gasteiger partial charge in [-0.3, -0.25) is 5.41 Å². The van der Waals surface area contributed by atoms with Crippen LogP contribution in [0, 0.1) is 12.3 Å². The number of halogens is 1. The minimum Gasteiger partial charge on any atom is -0.509 e. The van der Waals surface area contributed by atoms with Gasteiger partial charge in [0.1, 0.15) is 23.2 Å². The van der Waals surface area contributed by atoms with Gasteiger partial charge in [0.05, 0.1) is 30.3 Å². The fourth-order valence-corrected chi connectivity index (χ4v) is 3.21. The van der Waals surface area contributed by atoms with E-state index in [-0.39, 0.29) is 18.1 Å². The SMILES string of the molecule is COc1ccc2nc(C3=C(O)CN(c4ccc(C)c(Cl)c4)C3=N)[nH]c2c1. The topological polar surface area (TPSA) is 85.2 Å². The molecule has 0 spiro atoms. The molecule has 6 nitrogen and oxygen atoms in total. The molecule has 0 saturated carbocycles. The van der Waals surface area contributed by atoms with E-state index in [1.807, 2.05) is 37.3 Å². The number of H-pyrrole nitrogens is 1. The Morgan fingerprint density at radius 2 is 2.08 bits per heavy atom. The summed E-state index contributed by atoms with van der Waals surface area (Å²) in [5, 5.41) is 19.6. The number of benzene rings is 2. The number of aromatic amines is 1. The zero-order valence-electron chi connectivity index (χ0n) is 14.3. The average molecular weight is 369 g/mol. The minimum absolute atomic E-state index is 0.0951. The predicted molar refractivity (Wildman–Crippen MR) is 103 cm³/mol. The first-order valence-corrected chi connectivity index (χ1v) is 8.44. The molecule has 0 bridgehead atoms. The zero-order valence-corrected chi connectivity index (χ0v) is 15.1. The Labute approximate surface area is 155 Å². The fraction of sp³-hybridized carbons (Fsp3) is 0.158. The number of hydrogen-bond acceptors (Lipinski definition) is 4. The smallest absolute Gasteiger partial charge is 0.145 e. The Morgan fingerprint density at radius 1 is 1.27 bits per heavy atom. The highest BCUT2D eigenvalue weighted by Gasteiger charge is 2.31. The van der Waals surface area contributed by atoms with Crippen molar-refractivity contribution in [3.05, 3.63) is 58.6 Å². The molecule has 4 rings (SSSR count). The fourth-order valence-electron chi connectivity index (χ4n) is 3.03. The third-order valence-corrected chi connectivity index (χ3v) is 4.90. The van der Waals surface area contributed by atoms with Crippen molar-refractivity contribution in [2.45, 2.75) is 6.92 Å². The molecule has 3 N–H and O–H groups in total. The number of fused-ring (bicyclic) bond motifs is 1. The predicted octanol–water partition coefficient (Wildman–Crippen LogP) is 4.30. The number of aryl methyl sites for hydroxylation is 1. The monoisotopic (exact) mass is 368 g/mol. The summed E-state index contributed by atoms with van der Waals surface area (Å²) in [5.74, 6) is 1.44. The van der Waals surface area contributed by atoms with Crippen molar-refractivity contribution < 1.29 is 9.84 Å². The summed E-state index contributed by atoms with van der Waals surface area (Å²) in [6.07, 6.45) is 0. The van der Waals surface area contributed by atoms with Crippen molar-refractivity contribution in [1.29, 1.82) is 5.41 Å². The van der Waals surface area contributed by atoms with Gasteiger partial charge < -0.3 is 19.7 Å². The Hall–Kier alpha value is -2.99. The second-order valence-electron chi connectivity index (χ2n) is 6.16. The molecule has 0 amide bonds. The molecule has 1 aliphatic rings. The Bertz CT molecular complexity index is 1070. The van der Waals surface area contributed by atoms with Crippen LogP contribution in [0.1, 0.15) is 11.4 Å². The van der Waals surface area contributed by atoms with Gasteiger partial charge in [0.2, 0.25) is 0 Å². The highest BCUT2D eigenvalue weighted by atomic mass is 35.5. The Kier molecular flexibility index (Phi) is 3.85. The summed E-state index contributed by atoms with van der Waals surface area (Å²) in [6, 6.07) is 11.1. The summed E-state index contributed by atoms with van der Waals surface area (Å²) >= 11 is 6.21. The molecule has 2 heterocycles. The van der Waals surface area contributed by atoms with Gasteiger partial charge in [0.15, 0.2) is 0 Å². The first-order chi connectivity index (χ1) is 12.5. The molecule has 0 saturated heterocycles. The lowest BCUT2D eigenvalue weighted by molar-refractivity contribution is 0.411. The molecular weight excluding hydrogens is 352 g/mol. The maximum atomic E-state index is 10.5. The average Bonchev–Trinajstić information content (AvgIpc) is 3.16. The largest absolute Gasteiger partial charge is 0.509 e. The van der Waals surface area contributed by atoms with Crippen LogP contribution < -0.4 is 9.64 Å².